The molecule has 0 amide bonds. The maximum atomic E-state index is 4.47. The zero-order valence-corrected chi connectivity index (χ0v) is 12.3. The number of anilines is 1. The van der Waals surface area contributed by atoms with Crippen LogP contribution >= 0.6 is 0 Å². The molecule has 2 rings (SSSR count). The Morgan fingerprint density at radius 1 is 0.895 bits per heavy atom. The first-order valence-electron chi connectivity index (χ1n) is 6.48. The first-order valence-corrected chi connectivity index (χ1v) is 6.48. The van der Waals surface area contributed by atoms with Crippen LogP contribution in [-0.4, -0.2) is 24.1 Å². The summed E-state index contributed by atoms with van der Waals surface area (Å²) in [5.74, 6) is 0.964. The van der Waals surface area contributed by atoms with Crippen molar-refractivity contribution < 1.29 is 0 Å². The Labute approximate surface area is 115 Å². The number of aromatic nitrogens is 2. The van der Waals surface area contributed by atoms with Gasteiger partial charge in [-0.3, -0.25) is 4.98 Å². The minimum Gasteiger partial charge on any atom is -0.363 e. The summed E-state index contributed by atoms with van der Waals surface area (Å²) in [7, 11) is 4.00. The lowest BCUT2D eigenvalue weighted by Crippen LogP contribution is -2.13. The summed E-state index contributed by atoms with van der Waals surface area (Å²) in [5, 5.41) is 0. The van der Waals surface area contributed by atoms with Crippen molar-refractivity contribution in [2.24, 2.45) is 0 Å². The van der Waals surface area contributed by atoms with Gasteiger partial charge in [-0.2, -0.15) is 0 Å². The second kappa shape index (κ2) is 5.00. The lowest BCUT2D eigenvalue weighted by molar-refractivity contribution is 0.569. The number of hydrogen-bond donors (Lipinski definition) is 0. The van der Waals surface area contributed by atoms with Crippen molar-refractivity contribution in [2.75, 3.05) is 19.0 Å². The molecule has 2 heterocycles. The molecule has 2 aromatic rings. The Morgan fingerprint density at radius 2 is 1.47 bits per heavy atom. The number of rotatable bonds is 2. The lowest BCUT2D eigenvalue weighted by atomic mass is 9.90. The molecule has 0 aliphatic carbocycles. The highest BCUT2D eigenvalue weighted by Crippen LogP contribution is 2.26. The zero-order chi connectivity index (χ0) is 14.0. The largest absolute Gasteiger partial charge is 0.363 e. The fraction of sp³-hybridized carbons (Fsp3) is 0.375. The maximum Gasteiger partial charge on any atom is 0.128 e. The fourth-order valence-corrected chi connectivity index (χ4v) is 1.86. The molecule has 0 N–H and O–H groups in total. The van der Waals surface area contributed by atoms with Crippen molar-refractivity contribution in [1.29, 1.82) is 0 Å². The highest BCUT2D eigenvalue weighted by molar-refractivity contribution is 5.66. The van der Waals surface area contributed by atoms with E-state index in [0.717, 1.165) is 11.5 Å². The first kappa shape index (κ1) is 13.5. The fourth-order valence-electron chi connectivity index (χ4n) is 1.86. The first-order chi connectivity index (χ1) is 8.88. The molecule has 2 aromatic heterocycles. The van der Waals surface area contributed by atoms with E-state index in [2.05, 4.69) is 42.9 Å². The molecular formula is C16H21N3. The van der Waals surface area contributed by atoms with Crippen molar-refractivity contribution in [3.63, 3.8) is 0 Å². The summed E-state index contributed by atoms with van der Waals surface area (Å²) < 4.78 is 0. The van der Waals surface area contributed by atoms with Crippen LogP contribution in [0.15, 0.2) is 36.7 Å². The average molecular weight is 255 g/mol. The summed E-state index contributed by atoms with van der Waals surface area (Å²) in [6.07, 6.45) is 3.73. The molecule has 19 heavy (non-hydrogen) atoms. The molecule has 100 valence electrons. The second-order valence-corrected chi connectivity index (χ2v) is 5.98. The number of nitrogens with zero attached hydrogens (tertiary/aromatic N) is 3. The molecule has 0 radical (unpaired) electrons. The Balaban J connectivity index is 2.45. The van der Waals surface area contributed by atoms with Crippen LogP contribution in [0.25, 0.3) is 11.1 Å². The Kier molecular flexibility index (Phi) is 3.56. The van der Waals surface area contributed by atoms with Gasteiger partial charge >= 0.3 is 0 Å². The highest BCUT2D eigenvalue weighted by atomic mass is 15.1. The third-order valence-electron chi connectivity index (χ3n) is 3.07. The van der Waals surface area contributed by atoms with Crippen molar-refractivity contribution in [2.45, 2.75) is 26.2 Å². The molecule has 3 nitrogen and oxygen atoms in total. The highest BCUT2D eigenvalue weighted by Gasteiger charge is 2.15. The molecule has 0 saturated heterocycles. The van der Waals surface area contributed by atoms with Gasteiger partial charge in [0, 0.05) is 37.6 Å². The second-order valence-electron chi connectivity index (χ2n) is 5.98. The van der Waals surface area contributed by atoms with Crippen molar-refractivity contribution in [3.05, 3.63) is 42.4 Å². The Morgan fingerprint density at radius 3 is 2.05 bits per heavy atom. The van der Waals surface area contributed by atoms with E-state index >= 15 is 0 Å². The van der Waals surface area contributed by atoms with Gasteiger partial charge in [0.05, 0.1) is 0 Å². The van der Waals surface area contributed by atoms with Gasteiger partial charge in [-0.15, -0.1) is 0 Å². The van der Waals surface area contributed by atoms with Gasteiger partial charge in [0.2, 0.25) is 0 Å². The molecule has 0 aliphatic heterocycles. The van der Waals surface area contributed by atoms with Crippen molar-refractivity contribution in [1.82, 2.24) is 9.97 Å². The van der Waals surface area contributed by atoms with Crippen LogP contribution in [0.4, 0.5) is 5.82 Å². The molecular weight excluding hydrogens is 234 g/mol. The molecule has 0 spiro atoms. The average Bonchev–Trinajstić information content (AvgIpc) is 2.38. The smallest absolute Gasteiger partial charge is 0.128 e. The topological polar surface area (TPSA) is 29.0 Å². The van der Waals surface area contributed by atoms with E-state index in [4.69, 9.17) is 0 Å². The van der Waals surface area contributed by atoms with Gasteiger partial charge in [0.1, 0.15) is 5.82 Å². The molecule has 0 aromatic carbocycles. The summed E-state index contributed by atoms with van der Waals surface area (Å²) in [6.45, 7) is 6.53. The number of pyridine rings is 2. The summed E-state index contributed by atoms with van der Waals surface area (Å²) in [6, 6.07) is 8.34. The lowest BCUT2D eigenvalue weighted by Gasteiger charge is -2.18. The van der Waals surface area contributed by atoms with Crippen LogP contribution in [-0.2, 0) is 5.41 Å². The van der Waals surface area contributed by atoms with Crippen LogP contribution in [0.3, 0.4) is 0 Å². The van der Waals surface area contributed by atoms with E-state index in [0.29, 0.717) is 0 Å². The molecule has 0 saturated carbocycles. The van der Waals surface area contributed by atoms with Crippen molar-refractivity contribution >= 4 is 5.82 Å². The zero-order valence-electron chi connectivity index (χ0n) is 12.3. The Bertz CT molecular complexity index is 568. The normalized spacial score (nSPS) is 11.4. The van der Waals surface area contributed by atoms with E-state index in [1.54, 1.807) is 0 Å². The molecule has 0 aliphatic rings. The molecule has 0 fully saturated rings. The van der Waals surface area contributed by atoms with Crippen LogP contribution in [0.2, 0.25) is 0 Å². The van der Waals surface area contributed by atoms with Crippen LogP contribution < -0.4 is 4.90 Å². The maximum absolute atomic E-state index is 4.47. The third-order valence-corrected chi connectivity index (χ3v) is 3.07. The third kappa shape index (κ3) is 3.11. The summed E-state index contributed by atoms with van der Waals surface area (Å²) in [5.41, 5.74) is 3.53. The SMILES string of the molecule is CN(C)c1cc(-c2ccnc(C(C)(C)C)c2)ccn1. The predicted octanol–water partition coefficient (Wildman–Crippen LogP) is 3.51. The number of hydrogen-bond acceptors (Lipinski definition) is 3. The summed E-state index contributed by atoms with van der Waals surface area (Å²) >= 11 is 0. The minimum atomic E-state index is 0.0629. The van der Waals surface area contributed by atoms with Gasteiger partial charge in [-0.05, 0) is 35.4 Å². The molecule has 0 atom stereocenters. The Hall–Kier alpha value is -1.90. The van der Waals surface area contributed by atoms with E-state index in [-0.39, 0.29) is 5.41 Å². The van der Waals surface area contributed by atoms with Gasteiger partial charge in [0.15, 0.2) is 0 Å². The van der Waals surface area contributed by atoms with E-state index < -0.39 is 0 Å². The minimum absolute atomic E-state index is 0.0629. The van der Waals surface area contributed by atoms with Gasteiger partial charge in [-0.1, -0.05) is 20.8 Å². The molecule has 3 heteroatoms. The molecule has 0 unspecified atom stereocenters. The van der Waals surface area contributed by atoms with E-state index in [1.807, 2.05) is 43.5 Å². The monoisotopic (exact) mass is 255 g/mol. The van der Waals surface area contributed by atoms with Gasteiger partial charge in [0.25, 0.3) is 0 Å². The van der Waals surface area contributed by atoms with Crippen LogP contribution in [0, 0.1) is 0 Å². The quantitative estimate of drug-likeness (QED) is 0.822. The van der Waals surface area contributed by atoms with Gasteiger partial charge in [-0.25, -0.2) is 4.98 Å². The van der Waals surface area contributed by atoms with Crippen LogP contribution in [0.5, 0.6) is 0 Å². The summed E-state index contributed by atoms with van der Waals surface area (Å²) in [4.78, 5) is 10.8. The molecule has 0 bridgehead atoms. The van der Waals surface area contributed by atoms with Crippen molar-refractivity contribution in [3.8, 4) is 11.1 Å². The van der Waals surface area contributed by atoms with E-state index in [1.165, 1.54) is 11.1 Å². The standard InChI is InChI=1S/C16H21N3/c1-16(2,3)14-10-12(6-8-17-14)13-7-9-18-15(11-13)19(4)5/h6-11H,1-5H3. The van der Waals surface area contributed by atoms with E-state index in [9.17, 15) is 0 Å². The van der Waals surface area contributed by atoms with Gasteiger partial charge < -0.3 is 4.90 Å². The predicted molar refractivity (Wildman–Crippen MR) is 80.5 cm³/mol. The van der Waals surface area contributed by atoms with Crippen LogP contribution in [0.1, 0.15) is 26.5 Å².